The maximum absolute atomic E-state index is 12.9. The van der Waals surface area contributed by atoms with E-state index in [0.29, 0.717) is 15.6 Å². The Morgan fingerprint density at radius 2 is 1.94 bits per heavy atom. The quantitative estimate of drug-likeness (QED) is 0.570. The molecule has 5 rings (SSSR count). The van der Waals surface area contributed by atoms with Gasteiger partial charge < -0.3 is 5.32 Å². The number of carbonyl (C=O) groups excluding carboxylic acids is 3. The van der Waals surface area contributed by atoms with Gasteiger partial charge in [-0.3, -0.25) is 34.0 Å². The van der Waals surface area contributed by atoms with Gasteiger partial charge in [0.1, 0.15) is 11.8 Å². The number of nitrogens with zero attached hydrogens (tertiary/aromatic N) is 2. The van der Waals surface area contributed by atoms with Crippen molar-refractivity contribution in [3.63, 3.8) is 0 Å². The van der Waals surface area contributed by atoms with Gasteiger partial charge in [-0.2, -0.15) is 0 Å². The number of fused-ring (bicyclic) bond motifs is 2. The van der Waals surface area contributed by atoms with Crippen LogP contribution in [0.5, 0.6) is 0 Å². The molecule has 3 aromatic rings. The largest absolute Gasteiger partial charge is 0.325 e. The molecule has 3 amide bonds. The summed E-state index contributed by atoms with van der Waals surface area (Å²) in [6, 6.07) is 11.0. The zero-order valence-electron chi connectivity index (χ0n) is 16.9. The van der Waals surface area contributed by atoms with Crippen molar-refractivity contribution in [3.05, 3.63) is 74.5 Å². The number of amides is 3. The minimum Gasteiger partial charge on any atom is -0.325 e. The number of anilines is 1. The van der Waals surface area contributed by atoms with Crippen LogP contribution in [-0.4, -0.2) is 32.5 Å². The molecule has 0 aliphatic carbocycles. The van der Waals surface area contributed by atoms with Crippen molar-refractivity contribution < 1.29 is 14.4 Å². The molecule has 0 bridgehead atoms. The van der Waals surface area contributed by atoms with Crippen LogP contribution in [0.3, 0.4) is 0 Å². The highest BCUT2D eigenvalue weighted by Crippen LogP contribution is 2.51. The van der Waals surface area contributed by atoms with E-state index in [2.05, 4.69) is 15.6 Å². The van der Waals surface area contributed by atoms with Crippen LogP contribution in [0.15, 0.2) is 58.6 Å². The van der Waals surface area contributed by atoms with E-state index < -0.39 is 17.1 Å². The maximum Gasteiger partial charge on any atom is 0.308 e. The number of imide groups is 1. The SMILES string of the molecule is Cc1ccc(NC(=O)Cn2c3c(sc2=O)[C@@H](c2cccnc2)C2C(=O)NC(=O)C2S3)cc1. The molecule has 0 radical (unpaired) electrons. The van der Waals surface area contributed by atoms with Crippen molar-refractivity contribution in [1.29, 1.82) is 0 Å². The topological polar surface area (TPSA) is 110 Å². The Morgan fingerprint density at radius 3 is 2.66 bits per heavy atom. The Labute approximate surface area is 191 Å². The summed E-state index contributed by atoms with van der Waals surface area (Å²) < 4.78 is 1.39. The molecule has 4 heterocycles. The highest BCUT2D eigenvalue weighted by Gasteiger charge is 2.52. The van der Waals surface area contributed by atoms with E-state index in [9.17, 15) is 19.2 Å². The normalized spacial score (nSPS) is 21.6. The summed E-state index contributed by atoms with van der Waals surface area (Å²) in [4.78, 5) is 55.2. The Kier molecular flexibility index (Phi) is 5.18. The van der Waals surface area contributed by atoms with Gasteiger partial charge in [-0.1, -0.05) is 46.9 Å². The Hall–Kier alpha value is -3.24. The lowest BCUT2D eigenvalue weighted by Crippen LogP contribution is -2.32. The van der Waals surface area contributed by atoms with Crippen LogP contribution >= 0.6 is 23.1 Å². The van der Waals surface area contributed by atoms with Crippen LogP contribution in [0.25, 0.3) is 0 Å². The van der Waals surface area contributed by atoms with E-state index in [1.807, 2.05) is 25.1 Å². The molecule has 8 nitrogen and oxygen atoms in total. The molecular weight excluding hydrogens is 448 g/mol. The van der Waals surface area contributed by atoms with Gasteiger partial charge in [0, 0.05) is 28.9 Å². The molecule has 2 aromatic heterocycles. The van der Waals surface area contributed by atoms with Gasteiger partial charge in [-0.05, 0) is 30.7 Å². The van der Waals surface area contributed by atoms with E-state index in [1.165, 1.54) is 16.3 Å². The first-order valence-electron chi connectivity index (χ1n) is 9.93. The van der Waals surface area contributed by atoms with Crippen LogP contribution in [0, 0.1) is 12.8 Å². The summed E-state index contributed by atoms with van der Waals surface area (Å²) >= 11 is 2.19. The van der Waals surface area contributed by atoms with Crippen molar-refractivity contribution in [3.8, 4) is 0 Å². The molecule has 1 aromatic carbocycles. The molecule has 0 spiro atoms. The number of hydrogen-bond acceptors (Lipinski definition) is 7. The fraction of sp³-hybridized carbons (Fsp3) is 0.227. The van der Waals surface area contributed by atoms with E-state index in [1.54, 1.807) is 30.6 Å². The lowest BCUT2D eigenvalue weighted by molar-refractivity contribution is -0.126. The summed E-state index contributed by atoms with van der Waals surface area (Å²) in [5.74, 6) is -2.17. The summed E-state index contributed by atoms with van der Waals surface area (Å²) in [6.07, 6.45) is 3.28. The zero-order chi connectivity index (χ0) is 22.4. The lowest BCUT2D eigenvalue weighted by atomic mass is 9.84. The van der Waals surface area contributed by atoms with Crippen LogP contribution < -0.4 is 15.5 Å². The number of nitrogens with one attached hydrogen (secondary N) is 2. The third-order valence-electron chi connectivity index (χ3n) is 5.57. The van der Waals surface area contributed by atoms with Gasteiger partial charge >= 0.3 is 4.87 Å². The van der Waals surface area contributed by atoms with Gasteiger partial charge in [-0.15, -0.1) is 0 Å². The first-order chi connectivity index (χ1) is 15.4. The number of carbonyl (C=O) groups is 3. The fourth-order valence-corrected chi connectivity index (χ4v) is 6.82. The molecule has 1 saturated heterocycles. The number of hydrogen-bond donors (Lipinski definition) is 2. The molecule has 162 valence electrons. The maximum atomic E-state index is 12.9. The van der Waals surface area contributed by atoms with Crippen LogP contribution in [0.2, 0.25) is 0 Å². The molecule has 2 aliphatic rings. The van der Waals surface area contributed by atoms with Gasteiger partial charge in [0.05, 0.1) is 10.9 Å². The number of pyridine rings is 1. The second-order valence-corrected chi connectivity index (χ2v) is 9.84. The lowest BCUT2D eigenvalue weighted by Gasteiger charge is -2.30. The van der Waals surface area contributed by atoms with Gasteiger partial charge in [0.2, 0.25) is 17.7 Å². The third-order valence-corrected chi connectivity index (χ3v) is 8.18. The highest BCUT2D eigenvalue weighted by molar-refractivity contribution is 8.00. The van der Waals surface area contributed by atoms with E-state index in [4.69, 9.17) is 0 Å². The molecule has 0 saturated carbocycles. The number of benzene rings is 1. The zero-order valence-corrected chi connectivity index (χ0v) is 18.5. The van der Waals surface area contributed by atoms with Gasteiger partial charge in [0.25, 0.3) is 0 Å². The number of aromatic nitrogens is 2. The van der Waals surface area contributed by atoms with E-state index in [-0.39, 0.29) is 29.1 Å². The van der Waals surface area contributed by atoms with E-state index >= 15 is 0 Å². The number of thioether (sulfide) groups is 1. The fourth-order valence-electron chi connectivity index (χ4n) is 4.08. The predicted octanol–water partition coefficient (Wildman–Crippen LogP) is 2.13. The second kappa shape index (κ2) is 8.03. The molecule has 2 aliphatic heterocycles. The summed E-state index contributed by atoms with van der Waals surface area (Å²) in [7, 11) is 0. The minimum atomic E-state index is -0.666. The summed E-state index contributed by atoms with van der Waals surface area (Å²) in [5, 5.41) is 5.10. The molecule has 2 unspecified atom stereocenters. The van der Waals surface area contributed by atoms with Crippen molar-refractivity contribution in [1.82, 2.24) is 14.9 Å². The standard InChI is InChI=1S/C22H18N4O4S2/c1-11-4-6-13(7-5-11)24-14(27)10-26-21-18(32-22(26)30)15(12-3-2-8-23-9-12)16-17(31-21)20(29)25-19(16)28/h2-9,15-17H,10H2,1H3,(H,24,27)(H,25,28,29)/t15-,16?,17?/m0/s1. The van der Waals surface area contributed by atoms with Crippen LogP contribution in [0.4, 0.5) is 5.69 Å². The summed E-state index contributed by atoms with van der Waals surface area (Å²) in [5.41, 5.74) is 2.47. The average molecular weight is 467 g/mol. The Morgan fingerprint density at radius 1 is 1.16 bits per heavy atom. The molecule has 32 heavy (non-hydrogen) atoms. The number of aryl methyl sites for hydroxylation is 1. The summed E-state index contributed by atoms with van der Waals surface area (Å²) in [6.45, 7) is 1.77. The molecule has 2 N–H and O–H groups in total. The molecule has 1 fully saturated rings. The Balaban J connectivity index is 1.52. The van der Waals surface area contributed by atoms with Gasteiger partial charge in [-0.25, -0.2) is 0 Å². The number of thiazole rings is 1. The monoisotopic (exact) mass is 466 g/mol. The second-order valence-electron chi connectivity index (χ2n) is 7.72. The minimum absolute atomic E-state index is 0.182. The molecular formula is C22H18N4O4S2. The number of rotatable bonds is 4. The van der Waals surface area contributed by atoms with Crippen molar-refractivity contribution in [2.24, 2.45) is 5.92 Å². The highest BCUT2D eigenvalue weighted by atomic mass is 32.2. The van der Waals surface area contributed by atoms with Crippen molar-refractivity contribution >= 4 is 46.5 Å². The smallest absolute Gasteiger partial charge is 0.308 e. The van der Waals surface area contributed by atoms with E-state index in [0.717, 1.165) is 22.5 Å². The van der Waals surface area contributed by atoms with Crippen LogP contribution in [0.1, 0.15) is 21.9 Å². The molecule has 3 atom stereocenters. The Bertz CT molecular complexity index is 1280. The van der Waals surface area contributed by atoms with Crippen molar-refractivity contribution in [2.45, 2.75) is 29.7 Å². The van der Waals surface area contributed by atoms with Gasteiger partial charge in [0.15, 0.2) is 0 Å². The first-order valence-corrected chi connectivity index (χ1v) is 11.6. The molecule has 10 heteroatoms. The predicted molar refractivity (Wildman–Crippen MR) is 121 cm³/mol. The van der Waals surface area contributed by atoms with Crippen molar-refractivity contribution in [2.75, 3.05) is 5.32 Å². The van der Waals surface area contributed by atoms with Crippen LogP contribution in [-0.2, 0) is 20.9 Å². The first kappa shape index (κ1) is 20.7. The average Bonchev–Trinajstić information content (AvgIpc) is 3.24. The third kappa shape index (κ3) is 3.55.